The molecule has 0 aliphatic rings. The van der Waals surface area contributed by atoms with Crippen molar-refractivity contribution in [1.29, 1.82) is 5.26 Å². The number of H-pyrrole nitrogens is 1. The van der Waals surface area contributed by atoms with E-state index in [1.165, 1.54) is 6.08 Å². The van der Waals surface area contributed by atoms with Crippen molar-refractivity contribution < 1.29 is 9.53 Å². The Morgan fingerprint density at radius 1 is 1.43 bits per heavy atom. The summed E-state index contributed by atoms with van der Waals surface area (Å²) < 4.78 is 4.77. The molecule has 0 atom stereocenters. The van der Waals surface area contributed by atoms with Crippen LogP contribution >= 0.6 is 0 Å². The fourth-order valence-corrected chi connectivity index (χ4v) is 1.95. The molecule has 106 valence electrons. The largest absolute Gasteiger partial charge is 0.462 e. The Morgan fingerprint density at radius 2 is 2.19 bits per heavy atom. The van der Waals surface area contributed by atoms with Gasteiger partial charge in [-0.05, 0) is 43.5 Å². The minimum absolute atomic E-state index is 0.172. The minimum Gasteiger partial charge on any atom is -0.462 e. The number of nitriles is 1. The summed E-state index contributed by atoms with van der Waals surface area (Å²) in [6.07, 6.45) is 1.25. The summed E-state index contributed by atoms with van der Waals surface area (Å²) in [6, 6.07) is 9.03. The summed E-state index contributed by atoms with van der Waals surface area (Å²) >= 11 is 0. The molecule has 2 rings (SSSR count). The van der Waals surface area contributed by atoms with Crippen LogP contribution in [0.5, 0.6) is 0 Å². The molecule has 0 aliphatic carbocycles. The number of rotatable bonds is 3. The molecule has 21 heavy (non-hydrogen) atoms. The Balaban J connectivity index is 2.55. The predicted octanol–water partition coefficient (Wildman–Crippen LogP) is 2.31. The van der Waals surface area contributed by atoms with Gasteiger partial charge < -0.3 is 9.72 Å². The van der Waals surface area contributed by atoms with E-state index >= 15 is 0 Å². The maximum Gasteiger partial charge on any atom is 0.348 e. The van der Waals surface area contributed by atoms with E-state index in [9.17, 15) is 9.59 Å². The monoisotopic (exact) mass is 282 g/mol. The highest BCUT2D eigenvalue weighted by molar-refractivity contribution is 5.98. The number of benzene rings is 1. The van der Waals surface area contributed by atoms with Gasteiger partial charge in [-0.1, -0.05) is 11.6 Å². The molecule has 0 spiro atoms. The van der Waals surface area contributed by atoms with Gasteiger partial charge in [0.05, 0.1) is 6.61 Å². The van der Waals surface area contributed by atoms with Gasteiger partial charge in [0.2, 0.25) is 0 Å². The fraction of sp³-hybridized carbons (Fsp3) is 0.188. The van der Waals surface area contributed by atoms with Crippen LogP contribution in [-0.2, 0) is 9.53 Å². The normalized spacial score (nSPS) is 11.2. The van der Waals surface area contributed by atoms with Crippen molar-refractivity contribution in [2.45, 2.75) is 13.8 Å². The maximum absolute atomic E-state index is 12.0. The van der Waals surface area contributed by atoms with Crippen molar-refractivity contribution in [2.75, 3.05) is 6.61 Å². The van der Waals surface area contributed by atoms with E-state index in [1.807, 2.05) is 25.1 Å². The van der Waals surface area contributed by atoms with Gasteiger partial charge in [0.1, 0.15) is 11.6 Å². The van der Waals surface area contributed by atoms with Gasteiger partial charge in [-0.25, -0.2) is 4.79 Å². The molecular formula is C16H14N2O3. The standard InChI is InChI=1S/C16H14N2O3/c1-3-21-16(20)13(9-17)8-12-7-11-6-10(2)4-5-14(11)18-15(12)19/h4-8H,3H2,1-2H3,(H,18,19). The number of hydrogen-bond acceptors (Lipinski definition) is 4. The maximum atomic E-state index is 12.0. The van der Waals surface area contributed by atoms with Crippen LogP contribution < -0.4 is 5.56 Å². The Kier molecular flexibility index (Phi) is 4.19. The van der Waals surface area contributed by atoms with Gasteiger partial charge in [-0.15, -0.1) is 0 Å². The van der Waals surface area contributed by atoms with Crippen molar-refractivity contribution in [3.63, 3.8) is 0 Å². The number of esters is 1. The van der Waals surface area contributed by atoms with E-state index in [0.717, 1.165) is 10.9 Å². The predicted molar refractivity (Wildman–Crippen MR) is 79.5 cm³/mol. The third kappa shape index (κ3) is 3.18. The molecular weight excluding hydrogens is 268 g/mol. The number of fused-ring (bicyclic) bond motifs is 1. The lowest BCUT2D eigenvalue weighted by Crippen LogP contribution is -2.11. The van der Waals surface area contributed by atoms with Gasteiger partial charge in [0, 0.05) is 11.1 Å². The number of carbonyl (C=O) groups excluding carboxylic acids is 1. The van der Waals surface area contributed by atoms with E-state index < -0.39 is 5.97 Å². The smallest absolute Gasteiger partial charge is 0.348 e. The van der Waals surface area contributed by atoms with E-state index in [4.69, 9.17) is 10.00 Å². The average Bonchev–Trinajstić information content (AvgIpc) is 2.45. The lowest BCUT2D eigenvalue weighted by atomic mass is 10.1. The first kappa shape index (κ1) is 14.5. The molecule has 0 bridgehead atoms. The molecule has 1 N–H and O–H groups in total. The fourth-order valence-electron chi connectivity index (χ4n) is 1.95. The van der Waals surface area contributed by atoms with Crippen LogP contribution in [0.25, 0.3) is 17.0 Å². The van der Waals surface area contributed by atoms with Crippen LogP contribution in [0.3, 0.4) is 0 Å². The molecule has 0 unspecified atom stereocenters. The first-order chi connectivity index (χ1) is 10.0. The van der Waals surface area contributed by atoms with Crippen molar-refractivity contribution in [1.82, 2.24) is 4.98 Å². The lowest BCUT2D eigenvalue weighted by molar-refractivity contribution is -0.137. The van der Waals surface area contributed by atoms with Crippen molar-refractivity contribution >= 4 is 22.9 Å². The number of ether oxygens (including phenoxy) is 1. The molecule has 1 aromatic carbocycles. The zero-order valence-electron chi connectivity index (χ0n) is 11.8. The summed E-state index contributed by atoms with van der Waals surface area (Å²) in [7, 11) is 0. The molecule has 1 heterocycles. The van der Waals surface area contributed by atoms with Gasteiger partial charge in [0.25, 0.3) is 5.56 Å². The highest BCUT2D eigenvalue weighted by Crippen LogP contribution is 2.14. The van der Waals surface area contributed by atoms with Crippen LogP contribution in [0, 0.1) is 18.3 Å². The summed E-state index contributed by atoms with van der Waals surface area (Å²) in [5.41, 5.74) is 1.45. The van der Waals surface area contributed by atoms with Gasteiger partial charge >= 0.3 is 5.97 Å². The Bertz CT molecular complexity index is 826. The van der Waals surface area contributed by atoms with Gasteiger partial charge in [-0.3, -0.25) is 4.79 Å². The van der Waals surface area contributed by atoms with Crippen LogP contribution in [-0.4, -0.2) is 17.6 Å². The summed E-state index contributed by atoms with van der Waals surface area (Å²) in [4.78, 5) is 26.3. The van der Waals surface area contributed by atoms with E-state index in [0.29, 0.717) is 5.52 Å². The molecule has 0 radical (unpaired) electrons. The number of aromatic amines is 1. The van der Waals surface area contributed by atoms with Gasteiger partial charge in [-0.2, -0.15) is 5.26 Å². The number of nitrogens with one attached hydrogen (secondary N) is 1. The molecule has 0 saturated heterocycles. The SMILES string of the molecule is CCOC(=O)C(C#N)=Cc1cc2cc(C)ccc2[nH]c1=O. The second kappa shape index (κ2) is 6.06. The quantitative estimate of drug-likeness (QED) is 0.532. The zero-order chi connectivity index (χ0) is 15.4. The number of aryl methyl sites for hydroxylation is 1. The van der Waals surface area contributed by atoms with E-state index in [2.05, 4.69) is 4.98 Å². The highest BCUT2D eigenvalue weighted by atomic mass is 16.5. The van der Waals surface area contributed by atoms with Crippen LogP contribution in [0.4, 0.5) is 0 Å². The average molecular weight is 282 g/mol. The summed E-state index contributed by atoms with van der Waals surface area (Å²) in [5.74, 6) is -0.733. The third-order valence-corrected chi connectivity index (χ3v) is 2.94. The molecule has 0 aliphatic heterocycles. The lowest BCUT2D eigenvalue weighted by Gasteiger charge is -2.02. The first-order valence-electron chi connectivity index (χ1n) is 6.47. The third-order valence-electron chi connectivity index (χ3n) is 2.94. The number of hydrogen-bond donors (Lipinski definition) is 1. The highest BCUT2D eigenvalue weighted by Gasteiger charge is 2.11. The van der Waals surface area contributed by atoms with Crippen LogP contribution in [0.1, 0.15) is 18.1 Å². The van der Waals surface area contributed by atoms with Crippen LogP contribution in [0.15, 0.2) is 34.6 Å². The molecule has 2 aromatic rings. The second-order valence-electron chi connectivity index (χ2n) is 4.53. The summed E-state index contributed by atoms with van der Waals surface area (Å²) in [6.45, 7) is 3.77. The van der Waals surface area contributed by atoms with Gasteiger partial charge in [0.15, 0.2) is 0 Å². The molecule has 0 saturated carbocycles. The topological polar surface area (TPSA) is 82.9 Å². The Labute approximate surface area is 121 Å². The number of aromatic nitrogens is 1. The molecule has 5 heteroatoms. The van der Waals surface area contributed by atoms with Crippen molar-refractivity contribution in [2.24, 2.45) is 0 Å². The molecule has 0 fully saturated rings. The van der Waals surface area contributed by atoms with Crippen molar-refractivity contribution in [3.8, 4) is 6.07 Å². The Morgan fingerprint density at radius 3 is 2.86 bits per heavy atom. The number of pyridine rings is 1. The number of nitrogens with zero attached hydrogens (tertiary/aromatic N) is 1. The van der Waals surface area contributed by atoms with E-state index in [-0.39, 0.29) is 23.3 Å². The zero-order valence-corrected chi connectivity index (χ0v) is 11.8. The second-order valence-corrected chi connectivity index (χ2v) is 4.53. The van der Waals surface area contributed by atoms with Crippen LogP contribution in [0.2, 0.25) is 0 Å². The minimum atomic E-state index is -0.733. The molecule has 1 aromatic heterocycles. The van der Waals surface area contributed by atoms with E-state index in [1.54, 1.807) is 19.1 Å². The number of carbonyl (C=O) groups is 1. The first-order valence-corrected chi connectivity index (χ1v) is 6.47. The summed E-state index contributed by atoms with van der Waals surface area (Å²) in [5, 5.41) is 9.84. The Hall–Kier alpha value is -2.87. The molecule has 0 amide bonds. The van der Waals surface area contributed by atoms with Crippen molar-refractivity contribution in [3.05, 3.63) is 51.3 Å². The molecule has 5 nitrogen and oxygen atoms in total.